The molecule has 0 radical (unpaired) electrons. The summed E-state index contributed by atoms with van der Waals surface area (Å²) < 4.78 is 17.4. The molecule has 0 atom stereocenters. The number of nitrogens with one attached hydrogen (secondary N) is 1. The summed E-state index contributed by atoms with van der Waals surface area (Å²) in [5, 5.41) is 3.38. The zero-order valence-electron chi connectivity index (χ0n) is 14.8. The molecule has 1 heterocycles. The van der Waals surface area contributed by atoms with Crippen molar-refractivity contribution >= 4 is 28.8 Å². The topological polar surface area (TPSA) is 30.5 Å². The van der Waals surface area contributed by atoms with E-state index in [1.165, 1.54) is 10.5 Å². The van der Waals surface area contributed by atoms with Crippen LogP contribution in [0, 0.1) is 0 Å². The fraction of sp³-hybridized carbons (Fsp3) is 0.182. The van der Waals surface area contributed by atoms with Crippen LogP contribution in [-0.4, -0.2) is 44.5 Å². The molecule has 3 aromatic carbocycles. The molecule has 1 aliphatic rings. The third-order valence-corrected chi connectivity index (χ3v) is 19.3. The van der Waals surface area contributed by atoms with Crippen LogP contribution in [0.1, 0.15) is 0 Å². The normalized spacial score (nSPS) is 20.8. The van der Waals surface area contributed by atoms with Gasteiger partial charge in [-0.3, -0.25) is 0 Å². The van der Waals surface area contributed by atoms with E-state index in [4.69, 9.17) is 6.03 Å². The van der Waals surface area contributed by atoms with Gasteiger partial charge in [0.25, 0.3) is 0 Å². The maximum absolute atomic E-state index is 6.93. The second-order valence-corrected chi connectivity index (χ2v) is 17.7. The molecule has 1 aliphatic heterocycles. The Bertz CT molecular complexity index is 728. The number of hydrogen-bond donors (Lipinski definition) is 1. The predicted molar refractivity (Wildman–Crippen MR) is 109 cm³/mol. The molecular formula is C22H24NO2Sb. The standard InChI is InChI=1S/3C6H5.C4H9NO2.Sb/c3*1-2-4-6-5-3-1;6-3-1-5-2-4-7;/h3*1-5H;5H,1-4H2;/q;;;-2;+2. The second kappa shape index (κ2) is 7.54. The summed E-state index contributed by atoms with van der Waals surface area (Å²) >= 11 is -4.58. The van der Waals surface area contributed by atoms with Crippen molar-refractivity contribution in [2.75, 3.05) is 26.3 Å². The summed E-state index contributed by atoms with van der Waals surface area (Å²) in [5.74, 6) is 0. The van der Waals surface area contributed by atoms with Crippen molar-refractivity contribution in [1.82, 2.24) is 5.32 Å². The molecule has 0 saturated carbocycles. The average molecular weight is 456 g/mol. The van der Waals surface area contributed by atoms with Crippen molar-refractivity contribution < 1.29 is 6.03 Å². The Morgan fingerprint density at radius 2 is 0.885 bits per heavy atom. The molecule has 134 valence electrons. The van der Waals surface area contributed by atoms with E-state index in [9.17, 15) is 0 Å². The van der Waals surface area contributed by atoms with Crippen LogP contribution in [0.2, 0.25) is 0 Å². The molecule has 4 heteroatoms. The van der Waals surface area contributed by atoms with Gasteiger partial charge in [0.2, 0.25) is 0 Å². The molecule has 0 spiro atoms. The first-order chi connectivity index (χ1) is 12.9. The second-order valence-electron chi connectivity index (χ2n) is 6.38. The van der Waals surface area contributed by atoms with Gasteiger partial charge in [0.15, 0.2) is 0 Å². The summed E-state index contributed by atoms with van der Waals surface area (Å²) in [6.07, 6.45) is 0. The molecule has 1 fully saturated rings. The van der Waals surface area contributed by atoms with Crippen molar-refractivity contribution in [2.45, 2.75) is 0 Å². The van der Waals surface area contributed by atoms with Gasteiger partial charge < -0.3 is 0 Å². The summed E-state index contributed by atoms with van der Waals surface area (Å²) in [6.45, 7) is 2.91. The van der Waals surface area contributed by atoms with Gasteiger partial charge in [0.1, 0.15) is 0 Å². The van der Waals surface area contributed by atoms with Crippen molar-refractivity contribution in [1.29, 1.82) is 0 Å². The van der Waals surface area contributed by atoms with E-state index in [2.05, 4.69) is 96.3 Å². The SMILES string of the molecule is c1cc[c]([Sb]2([c]3ccccc3)([c]3ccccc3)[O]CCNCC[O]2)cc1. The van der Waals surface area contributed by atoms with Crippen LogP contribution in [0.15, 0.2) is 91.0 Å². The van der Waals surface area contributed by atoms with Crippen molar-refractivity contribution in [3.63, 3.8) is 0 Å². The first kappa shape index (κ1) is 17.8. The molecule has 3 nitrogen and oxygen atoms in total. The molecule has 1 N–H and O–H groups in total. The van der Waals surface area contributed by atoms with Gasteiger partial charge in [-0.15, -0.1) is 0 Å². The van der Waals surface area contributed by atoms with Gasteiger partial charge in [-0.2, -0.15) is 0 Å². The van der Waals surface area contributed by atoms with Gasteiger partial charge in [-0.05, 0) is 0 Å². The zero-order chi connectivity index (χ0) is 17.7. The summed E-state index contributed by atoms with van der Waals surface area (Å²) in [7, 11) is 0. The van der Waals surface area contributed by atoms with E-state index < -0.39 is 18.2 Å². The monoisotopic (exact) mass is 455 g/mol. The Hall–Kier alpha value is -1.64. The summed E-state index contributed by atoms with van der Waals surface area (Å²) in [6, 6.07) is 31.7. The van der Waals surface area contributed by atoms with E-state index in [1.807, 2.05) is 0 Å². The third-order valence-electron chi connectivity index (χ3n) is 4.91. The Labute approximate surface area is 157 Å². The van der Waals surface area contributed by atoms with Crippen LogP contribution in [0.25, 0.3) is 0 Å². The van der Waals surface area contributed by atoms with Crippen molar-refractivity contribution in [3.05, 3.63) is 91.0 Å². The van der Waals surface area contributed by atoms with Crippen molar-refractivity contribution in [3.8, 4) is 0 Å². The minimum absolute atomic E-state index is 0.625. The molecule has 0 unspecified atom stereocenters. The number of rotatable bonds is 3. The molecular weight excluding hydrogens is 432 g/mol. The maximum atomic E-state index is 6.93. The molecule has 3 aromatic rings. The fourth-order valence-corrected chi connectivity index (χ4v) is 17.7. The van der Waals surface area contributed by atoms with E-state index in [0.717, 1.165) is 13.1 Å². The fourth-order valence-electron chi connectivity index (χ4n) is 3.74. The van der Waals surface area contributed by atoms with Crippen LogP contribution in [0.3, 0.4) is 0 Å². The van der Waals surface area contributed by atoms with Crippen LogP contribution >= 0.6 is 0 Å². The Balaban J connectivity index is 2.10. The summed E-state index contributed by atoms with van der Waals surface area (Å²) in [5.41, 5.74) is 0. The van der Waals surface area contributed by atoms with Crippen LogP contribution in [0.5, 0.6) is 0 Å². The molecule has 0 bridgehead atoms. The van der Waals surface area contributed by atoms with E-state index in [1.54, 1.807) is 0 Å². The number of benzene rings is 3. The van der Waals surface area contributed by atoms with Crippen molar-refractivity contribution in [2.24, 2.45) is 0 Å². The Morgan fingerprint density at radius 1 is 0.538 bits per heavy atom. The van der Waals surface area contributed by atoms with E-state index >= 15 is 0 Å². The van der Waals surface area contributed by atoms with Gasteiger partial charge in [0, 0.05) is 0 Å². The first-order valence-electron chi connectivity index (χ1n) is 9.05. The Morgan fingerprint density at radius 3 is 1.23 bits per heavy atom. The molecule has 4 rings (SSSR count). The molecule has 26 heavy (non-hydrogen) atoms. The van der Waals surface area contributed by atoms with Crippen LogP contribution < -0.4 is 15.8 Å². The van der Waals surface area contributed by atoms with Gasteiger partial charge in [-0.25, -0.2) is 0 Å². The van der Waals surface area contributed by atoms with Gasteiger partial charge in [0.05, 0.1) is 0 Å². The third kappa shape index (κ3) is 2.80. The van der Waals surface area contributed by atoms with E-state index in [0.29, 0.717) is 13.2 Å². The number of hydrogen-bond acceptors (Lipinski definition) is 3. The summed E-state index contributed by atoms with van der Waals surface area (Å²) in [4.78, 5) is 0. The first-order valence-corrected chi connectivity index (χ1v) is 15.0. The zero-order valence-corrected chi connectivity index (χ0v) is 17.3. The molecule has 1 saturated heterocycles. The van der Waals surface area contributed by atoms with Crippen LogP contribution in [0.4, 0.5) is 0 Å². The quantitative estimate of drug-likeness (QED) is 0.610. The van der Waals surface area contributed by atoms with E-state index in [-0.39, 0.29) is 0 Å². The van der Waals surface area contributed by atoms with Crippen LogP contribution in [-0.2, 0) is 6.03 Å². The average Bonchev–Trinajstić information content (AvgIpc) is 2.71. The minimum atomic E-state index is -4.58. The van der Waals surface area contributed by atoms with Gasteiger partial charge in [-0.1, -0.05) is 0 Å². The molecule has 0 amide bonds. The van der Waals surface area contributed by atoms with Gasteiger partial charge >= 0.3 is 157 Å². The molecule has 0 aliphatic carbocycles. The molecule has 0 aromatic heterocycles. The predicted octanol–water partition coefficient (Wildman–Crippen LogP) is 1.74. The Kier molecular flexibility index (Phi) is 5.15.